The molecule has 0 aliphatic carbocycles. The Labute approximate surface area is 126 Å². The number of benzene rings is 1. The van der Waals surface area contributed by atoms with Crippen LogP contribution in [0.2, 0.25) is 5.02 Å². The fourth-order valence-corrected chi connectivity index (χ4v) is 2.32. The van der Waals surface area contributed by atoms with E-state index in [1.807, 2.05) is 0 Å². The van der Waals surface area contributed by atoms with Gasteiger partial charge in [-0.25, -0.2) is 0 Å². The van der Waals surface area contributed by atoms with Crippen LogP contribution in [-0.4, -0.2) is 35.5 Å². The first-order valence-electron chi connectivity index (χ1n) is 6.53. The summed E-state index contributed by atoms with van der Waals surface area (Å²) in [6.45, 7) is 1.97. The Morgan fingerprint density at radius 2 is 2.14 bits per heavy atom. The quantitative estimate of drug-likeness (QED) is 0.885. The van der Waals surface area contributed by atoms with Gasteiger partial charge in [0.1, 0.15) is 6.04 Å². The molecule has 2 N–H and O–H groups in total. The Morgan fingerprint density at radius 3 is 2.71 bits per heavy atom. The number of hydrogen-bond acceptors (Lipinski definition) is 3. The van der Waals surface area contributed by atoms with Gasteiger partial charge in [0.15, 0.2) is 0 Å². The van der Waals surface area contributed by atoms with E-state index >= 15 is 0 Å². The van der Waals surface area contributed by atoms with E-state index < -0.39 is 17.9 Å². The third kappa shape index (κ3) is 3.33. The van der Waals surface area contributed by atoms with E-state index in [0.29, 0.717) is 18.7 Å². The predicted molar refractivity (Wildman–Crippen MR) is 77.6 cm³/mol. The minimum absolute atomic E-state index is 0.00239. The number of carboxylic acid groups (broad SMARTS) is 1. The highest BCUT2D eigenvalue weighted by molar-refractivity contribution is 6.34. The average molecular weight is 311 g/mol. The van der Waals surface area contributed by atoms with Crippen LogP contribution >= 0.6 is 11.6 Å². The lowest BCUT2D eigenvalue weighted by molar-refractivity contribution is -0.138. The summed E-state index contributed by atoms with van der Waals surface area (Å²) in [6, 6.07) is 3.69. The van der Waals surface area contributed by atoms with Gasteiger partial charge >= 0.3 is 5.97 Å². The van der Waals surface area contributed by atoms with Gasteiger partial charge in [-0.1, -0.05) is 11.6 Å². The molecule has 2 amide bonds. The van der Waals surface area contributed by atoms with Gasteiger partial charge < -0.3 is 15.3 Å². The third-order valence-electron chi connectivity index (χ3n) is 3.30. The average Bonchev–Trinajstić information content (AvgIpc) is 2.85. The lowest BCUT2D eigenvalue weighted by Crippen LogP contribution is -2.38. The molecule has 1 atom stereocenters. The molecule has 0 radical (unpaired) electrons. The van der Waals surface area contributed by atoms with E-state index in [1.165, 1.54) is 19.1 Å². The Bertz CT molecular complexity index is 603. The molecule has 1 aliphatic rings. The monoisotopic (exact) mass is 310 g/mol. The zero-order valence-corrected chi connectivity index (χ0v) is 12.2. The zero-order chi connectivity index (χ0) is 15.6. The van der Waals surface area contributed by atoms with E-state index in [1.54, 1.807) is 11.0 Å². The molecule has 1 aromatic rings. The van der Waals surface area contributed by atoms with Crippen molar-refractivity contribution in [1.82, 2.24) is 5.32 Å². The van der Waals surface area contributed by atoms with E-state index in [4.69, 9.17) is 16.7 Å². The predicted octanol–water partition coefficient (Wildman–Crippen LogP) is 1.67. The molecule has 2 rings (SSSR count). The van der Waals surface area contributed by atoms with Crippen LogP contribution in [0.1, 0.15) is 30.1 Å². The van der Waals surface area contributed by atoms with Crippen LogP contribution in [0.15, 0.2) is 18.2 Å². The number of carboxylic acids is 1. The first kappa shape index (κ1) is 15.3. The number of rotatable bonds is 4. The highest BCUT2D eigenvalue weighted by Gasteiger charge is 2.24. The zero-order valence-electron chi connectivity index (χ0n) is 11.4. The standard InChI is InChI=1S/C14H15ClN2O4/c1-8(14(20)21)16-13(19)10-7-9(4-5-11(10)15)17-6-2-3-12(17)18/h4-5,7-8H,2-3,6H2,1H3,(H,16,19)(H,20,21)/t8-/m1/s1. The molecule has 7 heteroatoms. The van der Waals surface area contributed by atoms with Crippen molar-refractivity contribution in [2.24, 2.45) is 0 Å². The van der Waals surface area contributed by atoms with Gasteiger partial charge in [0, 0.05) is 18.7 Å². The SMILES string of the molecule is C[C@@H](NC(=O)c1cc(N2CCCC2=O)ccc1Cl)C(=O)O. The fraction of sp³-hybridized carbons (Fsp3) is 0.357. The molecular weight excluding hydrogens is 296 g/mol. The van der Waals surface area contributed by atoms with Crippen LogP contribution in [0.4, 0.5) is 5.69 Å². The summed E-state index contributed by atoms with van der Waals surface area (Å²) in [5.74, 6) is -1.71. The molecule has 0 unspecified atom stereocenters. The fourth-order valence-electron chi connectivity index (χ4n) is 2.11. The van der Waals surface area contributed by atoms with Gasteiger partial charge in [0.25, 0.3) is 5.91 Å². The van der Waals surface area contributed by atoms with Crippen molar-refractivity contribution >= 4 is 35.1 Å². The molecule has 0 aromatic heterocycles. The number of halogens is 1. The normalized spacial score (nSPS) is 15.9. The smallest absolute Gasteiger partial charge is 0.325 e. The van der Waals surface area contributed by atoms with Crippen molar-refractivity contribution in [3.05, 3.63) is 28.8 Å². The Kier molecular flexibility index (Phi) is 4.47. The lowest BCUT2D eigenvalue weighted by atomic mass is 10.1. The Morgan fingerprint density at radius 1 is 1.43 bits per heavy atom. The number of hydrogen-bond donors (Lipinski definition) is 2. The number of aliphatic carboxylic acids is 1. The number of nitrogens with one attached hydrogen (secondary N) is 1. The topological polar surface area (TPSA) is 86.7 Å². The molecular formula is C14H15ClN2O4. The van der Waals surface area contributed by atoms with Gasteiger partial charge in [0.05, 0.1) is 10.6 Å². The second kappa shape index (κ2) is 6.13. The van der Waals surface area contributed by atoms with Crippen LogP contribution in [0.5, 0.6) is 0 Å². The molecule has 1 saturated heterocycles. The summed E-state index contributed by atoms with van der Waals surface area (Å²) in [6.07, 6.45) is 1.26. The van der Waals surface area contributed by atoms with E-state index in [2.05, 4.69) is 5.32 Å². The summed E-state index contributed by atoms with van der Waals surface area (Å²) in [7, 11) is 0. The third-order valence-corrected chi connectivity index (χ3v) is 3.63. The molecule has 21 heavy (non-hydrogen) atoms. The second-order valence-corrected chi connectivity index (χ2v) is 5.25. The molecule has 1 heterocycles. The van der Waals surface area contributed by atoms with Gasteiger partial charge in [-0.2, -0.15) is 0 Å². The van der Waals surface area contributed by atoms with Crippen molar-refractivity contribution in [3.8, 4) is 0 Å². The van der Waals surface area contributed by atoms with E-state index in [-0.39, 0.29) is 16.5 Å². The van der Waals surface area contributed by atoms with Gasteiger partial charge in [-0.15, -0.1) is 0 Å². The van der Waals surface area contributed by atoms with Gasteiger partial charge in [0.2, 0.25) is 5.91 Å². The summed E-state index contributed by atoms with van der Waals surface area (Å²) in [5, 5.41) is 11.4. The number of anilines is 1. The Balaban J connectivity index is 2.25. The minimum Gasteiger partial charge on any atom is -0.480 e. The highest BCUT2D eigenvalue weighted by Crippen LogP contribution is 2.26. The molecule has 0 spiro atoms. The van der Waals surface area contributed by atoms with Crippen LogP contribution in [0.3, 0.4) is 0 Å². The van der Waals surface area contributed by atoms with E-state index in [0.717, 1.165) is 6.42 Å². The number of nitrogens with zero attached hydrogens (tertiary/aromatic N) is 1. The highest BCUT2D eigenvalue weighted by atomic mass is 35.5. The first-order chi connectivity index (χ1) is 9.90. The molecule has 112 valence electrons. The number of amides is 2. The maximum Gasteiger partial charge on any atom is 0.325 e. The molecule has 6 nitrogen and oxygen atoms in total. The minimum atomic E-state index is -1.13. The summed E-state index contributed by atoms with van der Waals surface area (Å²) < 4.78 is 0. The van der Waals surface area contributed by atoms with Crippen molar-refractivity contribution in [3.63, 3.8) is 0 Å². The van der Waals surface area contributed by atoms with E-state index in [9.17, 15) is 14.4 Å². The molecule has 0 bridgehead atoms. The van der Waals surface area contributed by atoms with Crippen molar-refractivity contribution in [2.45, 2.75) is 25.8 Å². The van der Waals surface area contributed by atoms with Gasteiger partial charge in [-0.05, 0) is 31.5 Å². The van der Waals surface area contributed by atoms with Crippen molar-refractivity contribution in [1.29, 1.82) is 0 Å². The summed E-state index contributed by atoms with van der Waals surface area (Å²) in [5.41, 5.74) is 0.747. The summed E-state index contributed by atoms with van der Waals surface area (Å²) in [4.78, 5) is 36.1. The largest absolute Gasteiger partial charge is 0.480 e. The van der Waals surface area contributed by atoms with Crippen LogP contribution in [0.25, 0.3) is 0 Å². The number of carbonyl (C=O) groups is 3. The van der Waals surface area contributed by atoms with Crippen LogP contribution in [0, 0.1) is 0 Å². The second-order valence-electron chi connectivity index (χ2n) is 4.85. The van der Waals surface area contributed by atoms with Gasteiger partial charge in [-0.3, -0.25) is 14.4 Å². The van der Waals surface area contributed by atoms with Crippen LogP contribution < -0.4 is 10.2 Å². The number of carbonyl (C=O) groups excluding carboxylic acids is 2. The first-order valence-corrected chi connectivity index (χ1v) is 6.91. The Hall–Kier alpha value is -2.08. The summed E-state index contributed by atoms with van der Waals surface area (Å²) >= 11 is 5.99. The molecule has 1 aliphatic heterocycles. The maximum absolute atomic E-state index is 12.1. The maximum atomic E-state index is 12.1. The molecule has 1 aromatic carbocycles. The molecule has 1 fully saturated rings. The van der Waals surface area contributed by atoms with Crippen LogP contribution in [-0.2, 0) is 9.59 Å². The van der Waals surface area contributed by atoms with Crippen molar-refractivity contribution < 1.29 is 19.5 Å². The van der Waals surface area contributed by atoms with Crippen molar-refractivity contribution in [2.75, 3.05) is 11.4 Å². The lowest BCUT2D eigenvalue weighted by Gasteiger charge is -2.17. The molecule has 0 saturated carbocycles.